The Morgan fingerprint density at radius 3 is 3.00 bits per heavy atom. The summed E-state index contributed by atoms with van der Waals surface area (Å²) in [5, 5.41) is 10.5. The van der Waals surface area contributed by atoms with Gasteiger partial charge in [-0.1, -0.05) is 18.2 Å². The molecule has 1 aromatic heterocycles. The molecule has 2 aromatic rings. The molecule has 1 fully saturated rings. The van der Waals surface area contributed by atoms with E-state index in [-0.39, 0.29) is 18.6 Å². The van der Waals surface area contributed by atoms with Crippen LogP contribution in [0.2, 0.25) is 0 Å². The van der Waals surface area contributed by atoms with Gasteiger partial charge in [0, 0.05) is 17.8 Å². The van der Waals surface area contributed by atoms with Gasteiger partial charge in [-0.2, -0.15) is 0 Å². The first kappa shape index (κ1) is 13.2. The summed E-state index contributed by atoms with van der Waals surface area (Å²) in [6, 6.07) is 10.2. The normalized spacial score (nSPS) is 18.9. The minimum atomic E-state index is 0.00429. The Morgan fingerprint density at radius 1 is 1.40 bits per heavy atom. The van der Waals surface area contributed by atoms with Crippen LogP contribution in [0.3, 0.4) is 0 Å². The molecule has 0 aliphatic carbocycles. The largest absolute Gasteiger partial charge is 0.394 e. The zero-order valence-electron chi connectivity index (χ0n) is 11.7. The minimum absolute atomic E-state index is 0.00429. The van der Waals surface area contributed by atoms with Crippen molar-refractivity contribution in [2.45, 2.75) is 32.4 Å². The fourth-order valence-electron chi connectivity index (χ4n) is 3.14. The molecule has 0 spiro atoms. The quantitative estimate of drug-likeness (QED) is 0.928. The van der Waals surface area contributed by atoms with Crippen LogP contribution >= 0.6 is 0 Å². The predicted molar refractivity (Wildman–Crippen MR) is 78.5 cm³/mol. The maximum absolute atomic E-state index is 12.5. The van der Waals surface area contributed by atoms with Crippen LogP contribution in [0.25, 0.3) is 10.9 Å². The van der Waals surface area contributed by atoms with E-state index in [0.29, 0.717) is 6.54 Å². The minimum Gasteiger partial charge on any atom is -0.394 e. The molecule has 20 heavy (non-hydrogen) atoms. The lowest BCUT2D eigenvalue weighted by molar-refractivity contribution is -0.133. The fourth-order valence-corrected chi connectivity index (χ4v) is 3.14. The predicted octanol–water partition coefficient (Wildman–Crippen LogP) is 1.93. The average molecular weight is 272 g/mol. The van der Waals surface area contributed by atoms with Gasteiger partial charge in [-0.3, -0.25) is 4.79 Å². The van der Waals surface area contributed by atoms with Gasteiger partial charge >= 0.3 is 0 Å². The fraction of sp³-hybridized carbons (Fsp3) is 0.438. The van der Waals surface area contributed by atoms with Gasteiger partial charge in [0.15, 0.2) is 0 Å². The number of hydrogen-bond donors (Lipinski definition) is 1. The van der Waals surface area contributed by atoms with Gasteiger partial charge in [0.2, 0.25) is 5.91 Å². The molecule has 4 nitrogen and oxygen atoms in total. The first-order chi connectivity index (χ1) is 9.70. The number of hydrogen-bond acceptors (Lipinski definition) is 2. The monoisotopic (exact) mass is 272 g/mol. The summed E-state index contributed by atoms with van der Waals surface area (Å²) in [7, 11) is 0. The number of aliphatic hydroxyl groups excluding tert-OH is 1. The van der Waals surface area contributed by atoms with Crippen LogP contribution in [0.15, 0.2) is 30.3 Å². The van der Waals surface area contributed by atoms with Crippen molar-refractivity contribution in [3.63, 3.8) is 0 Å². The molecule has 1 atom stereocenters. The van der Waals surface area contributed by atoms with E-state index < -0.39 is 0 Å². The smallest absolute Gasteiger partial charge is 0.242 e. The lowest BCUT2D eigenvalue weighted by Gasteiger charge is -2.23. The van der Waals surface area contributed by atoms with Crippen LogP contribution < -0.4 is 0 Å². The molecule has 0 radical (unpaired) electrons. The number of fused-ring (bicyclic) bond motifs is 1. The summed E-state index contributed by atoms with van der Waals surface area (Å²) >= 11 is 0. The lowest BCUT2D eigenvalue weighted by atomic mass is 10.2. The molecule has 1 N–H and O–H groups in total. The molecule has 2 heterocycles. The van der Waals surface area contributed by atoms with Crippen molar-refractivity contribution in [3.8, 4) is 0 Å². The van der Waals surface area contributed by atoms with Crippen molar-refractivity contribution in [3.05, 3.63) is 36.0 Å². The van der Waals surface area contributed by atoms with Gasteiger partial charge in [-0.15, -0.1) is 0 Å². The Morgan fingerprint density at radius 2 is 2.20 bits per heavy atom. The van der Waals surface area contributed by atoms with Crippen LogP contribution in [0, 0.1) is 6.92 Å². The van der Waals surface area contributed by atoms with Crippen molar-refractivity contribution in [2.75, 3.05) is 13.2 Å². The second kappa shape index (κ2) is 5.29. The third-order valence-corrected chi connectivity index (χ3v) is 4.22. The number of para-hydroxylation sites is 1. The number of amides is 1. The molecule has 0 unspecified atom stereocenters. The van der Waals surface area contributed by atoms with Crippen molar-refractivity contribution >= 4 is 16.8 Å². The standard InChI is InChI=1S/C16H20N2O2/c1-12-9-13-5-2-3-7-15(13)18(12)10-16(20)17-8-4-6-14(17)11-19/h2-3,5,7,9,14,19H,4,6,8,10-11H2,1H3/t14-/m0/s1. The van der Waals surface area contributed by atoms with Crippen molar-refractivity contribution in [1.82, 2.24) is 9.47 Å². The molecule has 1 aliphatic rings. The highest BCUT2D eigenvalue weighted by Crippen LogP contribution is 2.21. The summed E-state index contributed by atoms with van der Waals surface area (Å²) in [5.41, 5.74) is 2.19. The maximum atomic E-state index is 12.5. The van der Waals surface area contributed by atoms with E-state index in [0.717, 1.165) is 36.0 Å². The molecule has 0 bridgehead atoms. The summed E-state index contributed by atoms with van der Waals surface area (Å²) < 4.78 is 2.06. The average Bonchev–Trinajstić information content (AvgIpc) is 3.04. The number of benzene rings is 1. The number of rotatable bonds is 3. The van der Waals surface area contributed by atoms with Crippen LogP contribution in [0.1, 0.15) is 18.5 Å². The second-order valence-corrected chi connectivity index (χ2v) is 5.50. The zero-order chi connectivity index (χ0) is 14.1. The maximum Gasteiger partial charge on any atom is 0.242 e. The molecular weight excluding hydrogens is 252 g/mol. The Hall–Kier alpha value is -1.81. The third-order valence-electron chi connectivity index (χ3n) is 4.22. The van der Waals surface area contributed by atoms with Crippen molar-refractivity contribution in [2.24, 2.45) is 0 Å². The number of nitrogens with zero attached hydrogens (tertiary/aromatic N) is 2. The van der Waals surface area contributed by atoms with E-state index >= 15 is 0 Å². The Balaban J connectivity index is 1.86. The molecule has 1 saturated heterocycles. The summed E-state index contributed by atoms with van der Waals surface area (Å²) in [6.07, 6.45) is 1.90. The topological polar surface area (TPSA) is 45.5 Å². The molecule has 1 aromatic carbocycles. The number of likely N-dealkylation sites (tertiary alicyclic amines) is 1. The van der Waals surface area contributed by atoms with Crippen LogP contribution in [-0.4, -0.2) is 39.7 Å². The van der Waals surface area contributed by atoms with Crippen LogP contribution in [0.5, 0.6) is 0 Å². The lowest BCUT2D eigenvalue weighted by Crippen LogP contribution is -2.39. The molecule has 1 aliphatic heterocycles. The highest BCUT2D eigenvalue weighted by molar-refractivity contribution is 5.84. The van der Waals surface area contributed by atoms with Gasteiger partial charge in [0.1, 0.15) is 6.54 Å². The van der Waals surface area contributed by atoms with E-state index in [1.807, 2.05) is 30.0 Å². The van der Waals surface area contributed by atoms with Crippen LogP contribution in [-0.2, 0) is 11.3 Å². The first-order valence-corrected chi connectivity index (χ1v) is 7.16. The highest BCUT2D eigenvalue weighted by atomic mass is 16.3. The number of aryl methyl sites for hydroxylation is 1. The Kier molecular flexibility index (Phi) is 3.49. The number of carbonyl (C=O) groups excluding carboxylic acids is 1. The van der Waals surface area contributed by atoms with E-state index in [4.69, 9.17) is 0 Å². The van der Waals surface area contributed by atoms with Crippen molar-refractivity contribution < 1.29 is 9.90 Å². The van der Waals surface area contributed by atoms with Crippen LogP contribution in [0.4, 0.5) is 0 Å². The van der Waals surface area contributed by atoms with E-state index in [9.17, 15) is 9.90 Å². The Labute approximate surface area is 118 Å². The first-order valence-electron chi connectivity index (χ1n) is 7.16. The number of aromatic nitrogens is 1. The SMILES string of the molecule is Cc1cc2ccccc2n1CC(=O)N1CCC[C@H]1CO. The van der Waals surface area contributed by atoms with Gasteiger partial charge in [-0.05, 0) is 37.3 Å². The number of carbonyl (C=O) groups is 1. The molecule has 1 amide bonds. The van der Waals surface area contributed by atoms with Gasteiger partial charge in [-0.25, -0.2) is 0 Å². The second-order valence-electron chi connectivity index (χ2n) is 5.50. The Bertz CT molecular complexity index is 632. The molecule has 4 heteroatoms. The third kappa shape index (κ3) is 2.20. The summed E-state index contributed by atoms with van der Waals surface area (Å²) in [4.78, 5) is 14.3. The van der Waals surface area contributed by atoms with Crippen molar-refractivity contribution in [1.29, 1.82) is 0 Å². The molecule has 3 rings (SSSR count). The van der Waals surface area contributed by atoms with E-state index in [2.05, 4.69) is 16.7 Å². The van der Waals surface area contributed by atoms with E-state index in [1.54, 1.807) is 0 Å². The molecular formula is C16H20N2O2. The van der Waals surface area contributed by atoms with Gasteiger partial charge < -0.3 is 14.6 Å². The van der Waals surface area contributed by atoms with E-state index in [1.165, 1.54) is 0 Å². The highest BCUT2D eigenvalue weighted by Gasteiger charge is 2.28. The summed E-state index contributed by atoms with van der Waals surface area (Å²) in [6.45, 7) is 3.22. The molecule has 106 valence electrons. The molecule has 0 saturated carbocycles. The zero-order valence-corrected chi connectivity index (χ0v) is 11.7. The van der Waals surface area contributed by atoms with Gasteiger partial charge in [0.05, 0.1) is 12.6 Å². The number of aliphatic hydroxyl groups is 1. The van der Waals surface area contributed by atoms with Gasteiger partial charge in [0.25, 0.3) is 0 Å². The summed E-state index contributed by atoms with van der Waals surface area (Å²) in [5.74, 6) is 0.103.